The lowest BCUT2D eigenvalue weighted by Crippen LogP contribution is -2.48. The maximum Gasteiger partial charge on any atom is 0.262 e. The van der Waals surface area contributed by atoms with Crippen LogP contribution >= 0.6 is 15.9 Å². The lowest BCUT2D eigenvalue weighted by molar-refractivity contribution is -0.119. The Morgan fingerprint density at radius 1 is 1.07 bits per heavy atom. The first-order valence-corrected chi connectivity index (χ1v) is 9.34. The highest BCUT2D eigenvalue weighted by Gasteiger charge is 2.42. The van der Waals surface area contributed by atoms with Gasteiger partial charge < -0.3 is 10.3 Å². The molecule has 1 aliphatic rings. The minimum absolute atomic E-state index is 0.133. The van der Waals surface area contributed by atoms with E-state index in [9.17, 15) is 14.4 Å². The lowest BCUT2D eigenvalue weighted by atomic mass is 10.1. The third kappa shape index (κ3) is 3.34. The van der Waals surface area contributed by atoms with Crippen LogP contribution in [0.2, 0.25) is 0 Å². The molecule has 1 aliphatic heterocycles. The number of halogens is 1. The van der Waals surface area contributed by atoms with Gasteiger partial charge in [-0.15, -0.1) is 0 Å². The van der Waals surface area contributed by atoms with Gasteiger partial charge in [-0.3, -0.25) is 19.3 Å². The summed E-state index contributed by atoms with van der Waals surface area (Å²) < 4.78 is 0.875. The van der Waals surface area contributed by atoms with Crippen LogP contribution < -0.4 is 5.32 Å². The minimum atomic E-state index is -1.02. The van der Waals surface area contributed by atoms with E-state index in [4.69, 9.17) is 0 Å². The fraction of sp³-hybridized carbons (Fsp3) is 0.100. The molecule has 1 atom stereocenters. The number of hydrogen-bond acceptors (Lipinski definition) is 4. The van der Waals surface area contributed by atoms with Crippen molar-refractivity contribution in [2.75, 3.05) is 5.32 Å². The molecule has 1 aromatic heterocycles. The van der Waals surface area contributed by atoms with Crippen LogP contribution in [0.4, 0.5) is 5.69 Å². The summed E-state index contributed by atoms with van der Waals surface area (Å²) in [6, 6.07) is 12.6. The zero-order valence-electron chi connectivity index (χ0n) is 14.6. The largest absolute Gasteiger partial charge is 0.348 e. The molecule has 0 bridgehead atoms. The van der Waals surface area contributed by atoms with Crippen molar-refractivity contribution in [2.45, 2.75) is 12.5 Å². The second-order valence-electron chi connectivity index (χ2n) is 6.32. The summed E-state index contributed by atoms with van der Waals surface area (Å²) >= 11 is 3.35. The van der Waals surface area contributed by atoms with Crippen LogP contribution in [0.15, 0.2) is 65.5 Å². The first-order chi connectivity index (χ1) is 13.5. The van der Waals surface area contributed by atoms with Gasteiger partial charge in [-0.25, -0.2) is 4.98 Å². The van der Waals surface area contributed by atoms with Gasteiger partial charge in [0.05, 0.1) is 17.5 Å². The number of rotatable bonds is 5. The lowest BCUT2D eigenvalue weighted by Gasteiger charge is -2.25. The monoisotopic (exact) mass is 438 g/mol. The van der Waals surface area contributed by atoms with Gasteiger partial charge >= 0.3 is 0 Å². The van der Waals surface area contributed by atoms with Gasteiger partial charge in [0, 0.05) is 28.5 Å². The van der Waals surface area contributed by atoms with Crippen molar-refractivity contribution in [1.82, 2.24) is 14.9 Å². The Labute approximate surface area is 168 Å². The third-order valence-electron chi connectivity index (χ3n) is 4.52. The van der Waals surface area contributed by atoms with Crippen LogP contribution in [0.1, 0.15) is 26.4 Å². The number of amides is 3. The molecule has 0 aliphatic carbocycles. The van der Waals surface area contributed by atoms with Crippen molar-refractivity contribution in [2.24, 2.45) is 0 Å². The Bertz CT molecular complexity index is 1010. The van der Waals surface area contributed by atoms with E-state index >= 15 is 0 Å². The summed E-state index contributed by atoms with van der Waals surface area (Å²) in [6.45, 7) is 0. The maximum absolute atomic E-state index is 13.0. The molecule has 28 heavy (non-hydrogen) atoms. The van der Waals surface area contributed by atoms with Crippen molar-refractivity contribution in [1.29, 1.82) is 0 Å². The Morgan fingerprint density at radius 2 is 1.71 bits per heavy atom. The van der Waals surface area contributed by atoms with Gasteiger partial charge in [-0.05, 0) is 36.4 Å². The normalized spacial score (nSPS) is 14.1. The van der Waals surface area contributed by atoms with Crippen molar-refractivity contribution in [3.63, 3.8) is 0 Å². The number of nitrogens with one attached hydrogen (secondary N) is 2. The van der Waals surface area contributed by atoms with Crippen molar-refractivity contribution in [3.05, 3.63) is 82.3 Å². The summed E-state index contributed by atoms with van der Waals surface area (Å²) in [4.78, 5) is 46.7. The summed E-state index contributed by atoms with van der Waals surface area (Å²) in [5.41, 5.74) is 1.82. The molecular weight excluding hydrogens is 424 g/mol. The fourth-order valence-electron chi connectivity index (χ4n) is 3.16. The number of aromatic amines is 1. The number of H-pyrrole nitrogens is 1. The van der Waals surface area contributed by atoms with Crippen molar-refractivity contribution >= 4 is 39.3 Å². The highest BCUT2D eigenvalue weighted by atomic mass is 79.9. The number of benzene rings is 2. The predicted molar refractivity (Wildman–Crippen MR) is 106 cm³/mol. The number of carbonyl (C=O) groups excluding carboxylic acids is 3. The van der Waals surface area contributed by atoms with E-state index in [0.717, 1.165) is 9.37 Å². The SMILES string of the molecule is O=C(Nc1ccc(Br)cc1)[C@@H](Cc1cnc[nH]1)N1C(=O)c2ccccc2C1=O. The summed E-state index contributed by atoms with van der Waals surface area (Å²) in [5, 5.41) is 2.79. The van der Waals surface area contributed by atoms with E-state index in [1.54, 1.807) is 54.7 Å². The van der Waals surface area contributed by atoms with E-state index in [1.165, 1.54) is 6.33 Å². The average molecular weight is 439 g/mol. The molecule has 0 saturated carbocycles. The van der Waals surface area contributed by atoms with Gasteiger partial charge in [-0.2, -0.15) is 0 Å². The number of carbonyl (C=O) groups is 3. The molecule has 3 amide bonds. The molecule has 2 aromatic carbocycles. The Kier molecular flexibility index (Phi) is 4.79. The predicted octanol–water partition coefficient (Wildman–Crippen LogP) is 3.02. The third-order valence-corrected chi connectivity index (χ3v) is 5.05. The topological polar surface area (TPSA) is 95.2 Å². The first-order valence-electron chi connectivity index (χ1n) is 8.55. The number of aromatic nitrogens is 2. The number of imidazole rings is 1. The van der Waals surface area contributed by atoms with Crippen molar-refractivity contribution < 1.29 is 14.4 Å². The van der Waals surface area contributed by atoms with E-state index < -0.39 is 23.8 Å². The van der Waals surface area contributed by atoms with Crippen LogP contribution in [0.5, 0.6) is 0 Å². The molecule has 2 heterocycles. The zero-order valence-corrected chi connectivity index (χ0v) is 16.1. The summed E-state index contributed by atoms with van der Waals surface area (Å²) in [6.07, 6.45) is 3.19. The molecule has 7 nitrogen and oxygen atoms in total. The van der Waals surface area contributed by atoms with Gasteiger partial charge in [0.1, 0.15) is 6.04 Å². The van der Waals surface area contributed by atoms with E-state index in [-0.39, 0.29) is 6.42 Å². The second-order valence-corrected chi connectivity index (χ2v) is 7.23. The molecule has 8 heteroatoms. The van der Waals surface area contributed by atoms with Gasteiger partial charge in [0.15, 0.2) is 0 Å². The number of nitrogens with zero attached hydrogens (tertiary/aromatic N) is 2. The number of fused-ring (bicyclic) bond motifs is 1. The second kappa shape index (κ2) is 7.40. The molecule has 0 unspecified atom stereocenters. The Hall–Kier alpha value is -3.26. The van der Waals surface area contributed by atoms with Gasteiger partial charge in [-0.1, -0.05) is 28.1 Å². The first kappa shape index (κ1) is 18.1. The molecular formula is C20H15BrN4O3. The van der Waals surface area contributed by atoms with E-state index in [0.29, 0.717) is 22.5 Å². The highest BCUT2D eigenvalue weighted by Crippen LogP contribution is 2.26. The quantitative estimate of drug-likeness (QED) is 0.598. The molecule has 4 rings (SSSR count). The van der Waals surface area contributed by atoms with E-state index in [2.05, 4.69) is 31.2 Å². The number of hydrogen-bond donors (Lipinski definition) is 2. The fourth-order valence-corrected chi connectivity index (χ4v) is 3.42. The average Bonchev–Trinajstić information content (AvgIpc) is 3.29. The molecule has 0 fully saturated rings. The summed E-state index contributed by atoms with van der Waals surface area (Å²) in [5.74, 6) is -1.40. The molecule has 0 saturated heterocycles. The molecule has 2 N–H and O–H groups in total. The summed E-state index contributed by atoms with van der Waals surface area (Å²) in [7, 11) is 0. The van der Waals surface area contributed by atoms with Gasteiger partial charge in [0.2, 0.25) is 5.91 Å². The van der Waals surface area contributed by atoms with Crippen LogP contribution in [-0.4, -0.2) is 38.6 Å². The molecule has 140 valence electrons. The smallest absolute Gasteiger partial charge is 0.262 e. The Morgan fingerprint density at radius 3 is 2.29 bits per heavy atom. The van der Waals surface area contributed by atoms with Crippen LogP contribution in [-0.2, 0) is 11.2 Å². The number of imide groups is 1. The number of anilines is 1. The van der Waals surface area contributed by atoms with Crippen molar-refractivity contribution in [3.8, 4) is 0 Å². The minimum Gasteiger partial charge on any atom is -0.348 e. The van der Waals surface area contributed by atoms with Crippen LogP contribution in [0.3, 0.4) is 0 Å². The van der Waals surface area contributed by atoms with Gasteiger partial charge in [0.25, 0.3) is 11.8 Å². The maximum atomic E-state index is 13.0. The highest BCUT2D eigenvalue weighted by molar-refractivity contribution is 9.10. The zero-order chi connectivity index (χ0) is 19.7. The molecule has 0 radical (unpaired) electrons. The Balaban J connectivity index is 1.66. The molecule has 0 spiro atoms. The van der Waals surface area contributed by atoms with Crippen LogP contribution in [0, 0.1) is 0 Å². The van der Waals surface area contributed by atoms with E-state index in [1.807, 2.05) is 0 Å². The van der Waals surface area contributed by atoms with Crippen LogP contribution in [0.25, 0.3) is 0 Å². The standard InChI is InChI=1S/C20H15BrN4O3/c21-12-5-7-13(8-6-12)24-18(26)17(9-14-10-22-11-23-14)25-19(27)15-3-1-2-4-16(15)20(25)28/h1-8,10-11,17H,9H2,(H,22,23)(H,24,26)/t17-/m1/s1. The molecule has 3 aromatic rings.